The standard InChI is InChI=1S/C15H18N2O4S.ClH/c1-2-21-15(18)11-7-9-17(10-8-11)14-12-5-3-4-6-13(12)22(19,20)16-14;/h3-6,11H,2,7-10H2,1H3;1H. The van der Waals surface area contributed by atoms with Gasteiger partial charge in [0.05, 0.1) is 12.5 Å². The van der Waals surface area contributed by atoms with Gasteiger partial charge in [-0.15, -0.1) is 16.8 Å². The number of esters is 1. The fourth-order valence-electron chi connectivity index (χ4n) is 2.90. The number of carbonyl (C=O) groups is 1. The minimum absolute atomic E-state index is 0. The molecule has 0 spiro atoms. The Balaban J connectivity index is 0.00000192. The van der Waals surface area contributed by atoms with Crippen molar-refractivity contribution in [2.24, 2.45) is 10.3 Å². The highest BCUT2D eigenvalue weighted by molar-refractivity contribution is 7.90. The van der Waals surface area contributed by atoms with Gasteiger partial charge in [0.25, 0.3) is 10.0 Å². The Morgan fingerprint density at radius 1 is 1.30 bits per heavy atom. The minimum Gasteiger partial charge on any atom is -0.466 e. The number of likely N-dealkylation sites (tertiary alicyclic amines) is 1. The van der Waals surface area contributed by atoms with Gasteiger partial charge in [-0.1, -0.05) is 12.1 Å². The third-order valence-electron chi connectivity index (χ3n) is 4.03. The Kier molecular flexibility index (Phi) is 5.31. The summed E-state index contributed by atoms with van der Waals surface area (Å²) in [6.07, 6.45) is 1.31. The Morgan fingerprint density at radius 3 is 2.61 bits per heavy atom. The van der Waals surface area contributed by atoms with Gasteiger partial charge in [-0.2, -0.15) is 8.42 Å². The van der Waals surface area contributed by atoms with Crippen LogP contribution in [-0.4, -0.2) is 44.8 Å². The highest BCUT2D eigenvalue weighted by atomic mass is 35.5. The number of hydrogen-bond donors (Lipinski definition) is 0. The Labute approximate surface area is 142 Å². The fraction of sp³-hybridized carbons (Fsp3) is 0.467. The summed E-state index contributed by atoms with van der Waals surface area (Å²) in [6, 6.07) is 6.85. The van der Waals surface area contributed by atoms with E-state index in [4.69, 9.17) is 4.74 Å². The predicted octanol–water partition coefficient (Wildman–Crippen LogP) is 1.83. The minimum atomic E-state index is -3.59. The number of piperidine rings is 1. The van der Waals surface area contributed by atoms with Crippen molar-refractivity contribution in [2.45, 2.75) is 24.7 Å². The van der Waals surface area contributed by atoms with Crippen molar-refractivity contribution < 1.29 is 17.9 Å². The average molecular weight is 359 g/mol. The summed E-state index contributed by atoms with van der Waals surface area (Å²) in [7, 11) is -3.59. The number of rotatable bonds is 2. The number of sulfonamides is 1. The number of benzene rings is 1. The molecule has 0 radical (unpaired) electrons. The first-order valence-corrected chi connectivity index (χ1v) is 8.83. The van der Waals surface area contributed by atoms with E-state index in [9.17, 15) is 13.2 Å². The van der Waals surface area contributed by atoms with Crippen molar-refractivity contribution in [2.75, 3.05) is 19.7 Å². The smallest absolute Gasteiger partial charge is 0.309 e. The van der Waals surface area contributed by atoms with Crippen molar-refractivity contribution in [3.8, 4) is 0 Å². The van der Waals surface area contributed by atoms with Crippen LogP contribution in [0.4, 0.5) is 0 Å². The van der Waals surface area contributed by atoms with E-state index in [0.717, 1.165) is 0 Å². The summed E-state index contributed by atoms with van der Waals surface area (Å²) in [5.41, 5.74) is 0.650. The zero-order valence-corrected chi connectivity index (χ0v) is 14.4. The van der Waals surface area contributed by atoms with Gasteiger partial charge in [0.1, 0.15) is 4.90 Å². The molecule has 1 aromatic rings. The molecule has 1 fully saturated rings. The highest BCUT2D eigenvalue weighted by Gasteiger charge is 2.34. The van der Waals surface area contributed by atoms with Crippen LogP contribution in [0.1, 0.15) is 25.3 Å². The van der Waals surface area contributed by atoms with E-state index >= 15 is 0 Å². The number of carbonyl (C=O) groups excluding carboxylic acids is 1. The van der Waals surface area contributed by atoms with Gasteiger partial charge in [0.2, 0.25) is 0 Å². The van der Waals surface area contributed by atoms with Crippen molar-refractivity contribution in [1.82, 2.24) is 4.90 Å². The molecule has 2 aliphatic rings. The van der Waals surface area contributed by atoms with Crippen LogP contribution in [0.2, 0.25) is 0 Å². The molecule has 2 aliphatic heterocycles. The molecule has 1 saturated heterocycles. The summed E-state index contributed by atoms with van der Waals surface area (Å²) in [6.45, 7) is 3.39. The van der Waals surface area contributed by atoms with Crippen molar-refractivity contribution >= 4 is 34.2 Å². The van der Waals surface area contributed by atoms with Crippen molar-refractivity contribution in [3.63, 3.8) is 0 Å². The lowest BCUT2D eigenvalue weighted by Gasteiger charge is -2.32. The molecule has 0 atom stereocenters. The molecule has 1 aromatic carbocycles. The van der Waals surface area contributed by atoms with E-state index in [-0.39, 0.29) is 29.2 Å². The summed E-state index contributed by atoms with van der Waals surface area (Å²) >= 11 is 0. The first-order valence-electron chi connectivity index (χ1n) is 7.39. The van der Waals surface area contributed by atoms with Gasteiger partial charge in [-0.05, 0) is 31.9 Å². The fourth-order valence-corrected chi connectivity index (χ4v) is 4.13. The van der Waals surface area contributed by atoms with Crippen LogP contribution >= 0.6 is 12.4 Å². The summed E-state index contributed by atoms with van der Waals surface area (Å²) < 4.78 is 33.1. The second kappa shape index (κ2) is 6.88. The number of hydrogen-bond acceptors (Lipinski definition) is 5. The maximum absolute atomic E-state index is 12.1. The van der Waals surface area contributed by atoms with Gasteiger partial charge in [0, 0.05) is 18.7 Å². The monoisotopic (exact) mass is 358 g/mol. The molecule has 0 aliphatic carbocycles. The molecule has 0 N–H and O–H groups in total. The summed E-state index contributed by atoms with van der Waals surface area (Å²) in [5.74, 6) is 0.228. The number of amidine groups is 1. The molecule has 23 heavy (non-hydrogen) atoms. The van der Waals surface area contributed by atoms with E-state index in [2.05, 4.69) is 4.40 Å². The number of halogens is 1. The van der Waals surface area contributed by atoms with Crippen LogP contribution in [0.15, 0.2) is 33.6 Å². The van der Waals surface area contributed by atoms with Crippen LogP contribution in [-0.2, 0) is 19.6 Å². The Bertz CT molecular complexity index is 725. The molecule has 8 heteroatoms. The van der Waals surface area contributed by atoms with Gasteiger partial charge in [-0.3, -0.25) is 4.79 Å². The van der Waals surface area contributed by atoms with E-state index in [1.165, 1.54) is 0 Å². The van der Waals surface area contributed by atoms with Gasteiger partial charge >= 0.3 is 5.97 Å². The Hall–Kier alpha value is -1.60. The average Bonchev–Trinajstić information content (AvgIpc) is 2.80. The molecule has 0 bridgehead atoms. The predicted molar refractivity (Wildman–Crippen MR) is 88.3 cm³/mol. The van der Waals surface area contributed by atoms with Crippen LogP contribution in [0.25, 0.3) is 0 Å². The SMILES string of the molecule is CCOC(=O)C1CCN(C2=NS(=O)(=O)c3ccccc32)CC1.Cl. The van der Waals surface area contributed by atoms with Gasteiger partial charge in [0.15, 0.2) is 5.84 Å². The molecule has 3 rings (SSSR count). The van der Waals surface area contributed by atoms with E-state index in [1.54, 1.807) is 31.2 Å². The molecule has 126 valence electrons. The molecular formula is C15H19ClN2O4S. The van der Waals surface area contributed by atoms with E-state index in [1.807, 2.05) is 4.90 Å². The first kappa shape index (κ1) is 17.7. The first-order chi connectivity index (χ1) is 10.5. The molecule has 0 unspecified atom stereocenters. The van der Waals surface area contributed by atoms with Crippen molar-refractivity contribution in [1.29, 1.82) is 0 Å². The van der Waals surface area contributed by atoms with Gasteiger partial charge < -0.3 is 9.64 Å². The second-order valence-corrected chi connectivity index (χ2v) is 6.97. The van der Waals surface area contributed by atoms with Gasteiger partial charge in [-0.25, -0.2) is 0 Å². The molecule has 0 amide bonds. The van der Waals surface area contributed by atoms with Crippen LogP contribution in [0.3, 0.4) is 0 Å². The van der Waals surface area contributed by atoms with Crippen molar-refractivity contribution in [3.05, 3.63) is 29.8 Å². The summed E-state index contributed by atoms with van der Waals surface area (Å²) in [4.78, 5) is 14.0. The maximum Gasteiger partial charge on any atom is 0.309 e. The lowest BCUT2D eigenvalue weighted by Crippen LogP contribution is -2.40. The highest BCUT2D eigenvalue weighted by Crippen LogP contribution is 2.29. The lowest BCUT2D eigenvalue weighted by atomic mass is 9.96. The van der Waals surface area contributed by atoms with E-state index in [0.29, 0.717) is 43.9 Å². The van der Waals surface area contributed by atoms with E-state index < -0.39 is 10.0 Å². The molecule has 2 heterocycles. The lowest BCUT2D eigenvalue weighted by molar-refractivity contribution is -0.149. The quantitative estimate of drug-likeness (QED) is 0.754. The van der Waals surface area contributed by atoms with Crippen LogP contribution in [0.5, 0.6) is 0 Å². The molecule has 0 saturated carbocycles. The Morgan fingerprint density at radius 2 is 1.96 bits per heavy atom. The zero-order chi connectivity index (χ0) is 15.7. The van der Waals surface area contributed by atoms with Crippen LogP contribution in [0, 0.1) is 5.92 Å². The molecular weight excluding hydrogens is 340 g/mol. The zero-order valence-electron chi connectivity index (χ0n) is 12.8. The second-order valence-electron chi connectivity index (χ2n) is 5.40. The number of nitrogens with zero attached hydrogens (tertiary/aromatic N) is 2. The largest absolute Gasteiger partial charge is 0.466 e. The molecule has 0 aromatic heterocycles. The third-order valence-corrected chi connectivity index (χ3v) is 5.35. The van der Waals surface area contributed by atoms with Crippen LogP contribution < -0.4 is 0 Å². The number of ether oxygens (including phenoxy) is 1. The maximum atomic E-state index is 12.1. The number of fused-ring (bicyclic) bond motifs is 1. The summed E-state index contributed by atoms with van der Waals surface area (Å²) in [5, 5.41) is 0. The third kappa shape index (κ3) is 3.35. The normalized spacial score (nSPS) is 19.5. The topological polar surface area (TPSA) is 76.0 Å². The molecule has 6 nitrogen and oxygen atoms in total.